The quantitative estimate of drug-likeness (QED) is 0.635. The number of urea groups is 1. The number of nitrogens with one attached hydrogen (secondary N) is 2. The van der Waals surface area contributed by atoms with Crippen molar-refractivity contribution >= 4 is 12.0 Å². The predicted molar refractivity (Wildman–Crippen MR) is 57.2 cm³/mol. The van der Waals surface area contributed by atoms with E-state index < -0.39 is 5.97 Å². The Balaban J connectivity index is 2.12. The van der Waals surface area contributed by atoms with Crippen LogP contribution in [0.4, 0.5) is 4.79 Å². The van der Waals surface area contributed by atoms with Gasteiger partial charge in [-0.25, -0.2) is 4.79 Å². The lowest BCUT2D eigenvalue weighted by Gasteiger charge is -2.14. The second-order valence-electron chi connectivity index (χ2n) is 3.99. The summed E-state index contributed by atoms with van der Waals surface area (Å²) < 4.78 is 5.34. The molecule has 0 aliphatic carbocycles. The maximum atomic E-state index is 11.3. The first-order chi connectivity index (χ1) is 7.58. The highest BCUT2D eigenvalue weighted by Crippen LogP contribution is 2.10. The molecule has 6 nitrogen and oxygen atoms in total. The van der Waals surface area contributed by atoms with Crippen molar-refractivity contribution in [1.82, 2.24) is 10.6 Å². The van der Waals surface area contributed by atoms with Gasteiger partial charge in [-0.1, -0.05) is 0 Å². The van der Waals surface area contributed by atoms with Crippen LogP contribution in [0.2, 0.25) is 0 Å². The first-order valence-corrected chi connectivity index (χ1v) is 5.45. The van der Waals surface area contributed by atoms with Gasteiger partial charge in [0, 0.05) is 19.2 Å². The van der Waals surface area contributed by atoms with E-state index in [1.807, 2.05) is 0 Å². The fourth-order valence-electron chi connectivity index (χ4n) is 1.60. The highest BCUT2D eigenvalue weighted by Gasteiger charge is 2.17. The van der Waals surface area contributed by atoms with Crippen molar-refractivity contribution < 1.29 is 19.4 Å². The maximum absolute atomic E-state index is 11.3. The largest absolute Gasteiger partial charge is 0.481 e. The molecule has 2 unspecified atom stereocenters. The number of aliphatic carboxylic acids is 1. The Labute approximate surface area is 94.3 Å². The molecule has 0 radical (unpaired) electrons. The van der Waals surface area contributed by atoms with E-state index in [1.165, 1.54) is 0 Å². The van der Waals surface area contributed by atoms with Crippen molar-refractivity contribution in [2.75, 3.05) is 13.2 Å². The first kappa shape index (κ1) is 12.8. The summed E-state index contributed by atoms with van der Waals surface area (Å²) in [5, 5.41) is 13.7. The third kappa shape index (κ3) is 4.97. The Morgan fingerprint density at radius 3 is 2.88 bits per heavy atom. The van der Waals surface area contributed by atoms with Gasteiger partial charge in [0.15, 0.2) is 0 Å². The minimum absolute atomic E-state index is 0.0760. The molecule has 6 heteroatoms. The number of amides is 2. The average molecular weight is 230 g/mol. The van der Waals surface area contributed by atoms with Crippen LogP contribution in [0.3, 0.4) is 0 Å². The fourth-order valence-corrected chi connectivity index (χ4v) is 1.60. The molecule has 0 aromatic rings. The molecule has 1 heterocycles. The molecule has 0 saturated carbocycles. The van der Waals surface area contributed by atoms with Gasteiger partial charge in [-0.15, -0.1) is 0 Å². The summed E-state index contributed by atoms with van der Waals surface area (Å²) >= 11 is 0. The molecule has 0 spiro atoms. The lowest BCUT2D eigenvalue weighted by Crippen LogP contribution is -2.44. The standard InChI is InChI=1S/C10H18N2O4/c1-7(5-9(13)14)12-10(15)11-6-8-3-2-4-16-8/h7-8H,2-6H2,1H3,(H,13,14)(H2,11,12,15). The van der Waals surface area contributed by atoms with Crippen molar-refractivity contribution in [3.05, 3.63) is 0 Å². The summed E-state index contributed by atoms with van der Waals surface area (Å²) in [7, 11) is 0. The summed E-state index contributed by atoms with van der Waals surface area (Å²) in [4.78, 5) is 21.7. The van der Waals surface area contributed by atoms with Gasteiger partial charge in [0.25, 0.3) is 0 Å². The predicted octanol–water partition coefficient (Wildman–Crippen LogP) is 0.328. The maximum Gasteiger partial charge on any atom is 0.315 e. The molecule has 0 aromatic heterocycles. The number of carbonyl (C=O) groups excluding carboxylic acids is 1. The number of hydrogen-bond donors (Lipinski definition) is 3. The second kappa shape index (κ2) is 6.32. The van der Waals surface area contributed by atoms with Crippen LogP contribution >= 0.6 is 0 Å². The molecule has 1 rings (SSSR count). The minimum Gasteiger partial charge on any atom is -0.481 e. The SMILES string of the molecule is CC(CC(=O)O)NC(=O)NCC1CCCO1. The summed E-state index contributed by atoms with van der Waals surface area (Å²) in [6, 6.07) is -0.716. The molecule has 1 aliphatic rings. The van der Waals surface area contributed by atoms with E-state index in [0.717, 1.165) is 19.4 Å². The molecule has 1 fully saturated rings. The third-order valence-corrected chi connectivity index (χ3v) is 2.37. The van der Waals surface area contributed by atoms with Crippen LogP contribution in [0, 0.1) is 0 Å². The minimum atomic E-state index is -0.924. The van der Waals surface area contributed by atoms with Crippen LogP contribution in [0.15, 0.2) is 0 Å². The van der Waals surface area contributed by atoms with E-state index in [2.05, 4.69) is 10.6 Å². The van der Waals surface area contributed by atoms with Gasteiger partial charge in [-0.2, -0.15) is 0 Å². The average Bonchev–Trinajstić information content (AvgIpc) is 2.65. The zero-order chi connectivity index (χ0) is 12.0. The van der Waals surface area contributed by atoms with Gasteiger partial charge >= 0.3 is 12.0 Å². The van der Waals surface area contributed by atoms with Gasteiger partial charge in [0.05, 0.1) is 12.5 Å². The number of rotatable bonds is 5. The summed E-state index contributed by atoms with van der Waals surface area (Å²) in [6.07, 6.45) is 2.02. The fraction of sp³-hybridized carbons (Fsp3) is 0.800. The smallest absolute Gasteiger partial charge is 0.315 e. The van der Waals surface area contributed by atoms with Crippen molar-refractivity contribution in [2.24, 2.45) is 0 Å². The Morgan fingerprint density at radius 2 is 2.31 bits per heavy atom. The number of hydrogen-bond acceptors (Lipinski definition) is 3. The molecule has 0 bridgehead atoms. The molecule has 0 aromatic carbocycles. The molecular formula is C10H18N2O4. The summed E-state index contributed by atoms with van der Waals surface area (Å²) in [6.45, 7) is 2.88. The molecular weight excluding hydrogens is 212 g/mol. The van der Waals surface area contributed by atoms with E-state index in [0.29, 0.717) is 6.54 Å². The lowest BCUT2D eigenvalue weighted by molar-refractivity contribution is -0.137. The van der Waals surface area contributed by atoms with E-state index in [9.17, 15) is 9.59 Å². The molecule has 1 aliphatic heterocycles. The summed E-state index contributed by atoms with van der Waals surface area (Å²) in [5.74, 6) is -0.924. The van der Waals surface area contributed by atoms with E-state index in [4.69, 9.17) is 9.84 Å². The Kier molecular flexibility index (Phi) is 5.04. The molecule has 16 heavy (non-hydrogen) atoms. The molecule has 3 N–H and O–H groups in total. The Morgan fingerprint density at radius 1 is 1.56 bits per heavy atom. The Bertz CT molecular complexity index is 251. The molecule has 2 amide bonds. The van der Waals surface area contributed by atoms with Crippen LogP contribution in [0.5, 0.6) is 0 Å². The highest BCUT2D eigenvalue weighted by molar-refractivity contribution is 5.75. The molecule has 92 valence electrons. The van der Waals surface area contributed by atoms with Crippen molar-refractivity contribution in [2.45, 2.75) is 38.3 Å². The van der Waals surface area contributed by atoms with Gasteiger partial charge in [-0.05, 0) is 19.8 Å². The lowest BCUT2D eigenvalue weighted by atomic mass is 10.2. The van der Waals surface area contributed by atoms with Crippen molar-refractivity contribution in [3.63, 3.8) is 0 Å². The first-order valence-electron chi connectivity index (χ1n) is 5.45. The van der Waals surface area contributed by atoms with Crippen molar-refractivity contribution in [1.29, 1.82) is 0 Å². The number of ether oxygens (including phenoxy) is 1. The van der Waals surface area contributed by atoms with Crippen LogP contribution in [0.1, 0.15) is 26.2 Å². The van der Waals surface area contributed by atoms with E-state index in [-0.39, 0.29) is 24.6 Å². The number of carboxylic acids is 1. The zero-order valence-electron chi connectivity index (χ0n) is 9.36. The summed E-state index contributed by atoms with van der Waals surface area (Å²) in [5.41, 5.74) is 0. The topological polar surface area (TPSA) is 87.7 Å². The normalized spacial score (nSPS) is 21.4. The number of carbonyl (C=O) groups is 2. The third-order valence-electron chi connectivity index (χ3n) is 2.37. The van der Waals surface area contributed by atoms with Gasteiger partial charge in [-0.3, -0.25) is 4.79 Å². The van der Waals surface area contributed by atoms with Gasteiger partial charge in [0.1, 0.15) is 0 Å². The zero-order valence-corrected chi connectivity index (χ0v) is 9.36. The highest BCUT2D eigenvalue weighted by atomic mass is 16.5. The van der Waals surface area contributed by atoms with E-state index in [1.54, 1.807) is 6.92 Å². The molecule has 2 atom stereocenters. The second-order valence-corrected chi connectivity index (χ2v) is 3.99. The van der Waals surface area contributed by atoms with Crippen LogP contribution in [-0.2, 0) is 9.53 Å². The van der Waals surface area contributed by atoms with Crippen LogP contribution in [-0.4, -0.2) is 42.4 Å². The van der Waals surface area contributed by atoms with Crippen molar-refractivity contribution in [3.8, 4) is 0 Å². The van der Waals surface area contributed by atoms with Gasteiger partial charge in [0.2, 0.25) is 0 Å². The van der Waals surface area contributed by atoms with Crippen LogP contribution in [0.25, 0.3) is 0 Å². The van der Waals surface area contributed by atoms with Gasteiger partial charge < -0.3 is 20.5 Å². The monoisotopic (exact) mass is 230 g/mol. The van der Waals surface area contributed by atoms with E-state index >= 15 is 0 Å². The Hall–Kier alpha value is -1.30. The van der Waals surface area contributed by atoms with Crippen LogP contribution < -0.4 is 10.6 Å². The number of carboxylic acid groups (broad SMARTS) is 1. The molecule has 1 saturated heterocycles.